The molecule has 0 heterocycles. The van der Waals surface area contributed by atoms with Gasteiger partial charge >= 0.3 is 0 Å². The summed E-state index contributed by atoms with van der Waals surface area (Å²) in [6.07, 6.45) is 0.742. The van der Waals surface area contributed by atoms with Crippen LogP contribution in [0.25, 0.3) is 11.1 Å². The van der Waals surface area contributed by atoms with Gasteiger partial charge in [0.1, 0.15) is 5.75 Å². The SMILES string of the molecule is COc1ccc2c(c1)C(C=O)=C(c1ccccc1)C2=O. The lowest BCUT2D eigenvalue weighted by Crippen LogP contribution is -1.98. The zero-order valence-electron chi connectivity index (χ0n) is 10.9. The highest BCUT2D eigenvalue weighted by Gasteiger charge is 2.30. The number of carbonyl (C=O) groups is 2. The smallest absolute Gasteiger partial charge is 0.195 e. The monoisotopic (exact) mass is 264 g/mol. The Balaban J connectivity index is 2.24. The average Bonchev–Trinajstić information content (AvgIpc) is 2.79. The van der Waals surface area contributed by atoms with Crippen molar-refractivity contribution in [3.05, 3.63) is 65.2 Å². The van der Waals surface area contributed by atoms with Gasteiger partial charge in [0.2, 0.25) is 0 Å². The van der Waals surface area contributed by atoms with Crippen molar-refractivity contribution < 1.29 is 14.3 Å². The number of allylic oxidation sites excluding steroid dienone is 2. The van der Waals surface area contributed by atoms with Crippen LogP contribution in [0, 0.1) is 0 Å². The number of hydrogen-bond acceptors (Lipinski definition) is 3. The van der Waals surface area contributed by atoms with Gasteiger partial charge in [-0.2, -0.15) is 0 Å². The molecule has 0 aromatic heterocycles. The second kappa shape index (κ2) is 4.78. The van der Waals surface area contributed by atoms with E-state index in [0.717, 1.165) is 11.8 Å². The number of fused-ring (bicyclic) bond motifs is 1. The Kier molecular flexibility index (Phi) is 2.95. The summed E-state index contributed by atoms with van der Waals surface area (Å²) in [4.78, 5) is 24.0. The lowest BCUT2D eigenvalue weighted by molar-refractivity contribution is -0.103. The van der Waals surface area contributed by atoms with E-state index in [1.54, 1.807) is 25.3 Å². The van der Waals surface area contributed by atoms with Gasteiger partial charge in [0.05, 0.1) is 7.11 Å². The molecule has 2 aromatic rings. The lowest BCUT2D eigenvalue weighted by atomic mass is 10.0. The van der Waals surface area contributed by atoms with E-state index in [-0.39, 0.29) is 5.78 Å². The van der Waals surface area contributed by atoms with E-state index in [0.29, 0.717) is 28.0 Å². The molecule has 3 nitrogen and oxygen atoms in total. The standard InChI is InChI=1S/C17H12O3/c1-20-12-7-8-13-14(9-12)15(10-18)16(17(13)19)11-5-3-2-4-6-11/h2-10H,1H3. The Morgan fingerprint density at radius 1 is 1.00 bits per heavy atom. The Hall–Kier alpha value is -2.68. The van der Waals surface area contributed by atoms with Crippen LogP contribution in [-0.4, -0.2) is 19.2 Å². The third kappa shape index (κ3) is 1.75. The first-order valence-electron chi connectivity index (χ1n) is 6.24. The maximum absolute atomic E-state index is 12.5. The van der Waals surface area contributed by atoms with Gasteiger partial charge in [0, 0.05) is 22.3 Å². The summed E-state index contributed by atoms with van der Waals surface area (Å²) < 4.78 is 5.16. The summed E-state index contributed by atoms with van der Waals surface area (Å²) in [5, 5.41) is 0. The van der Waals surface area contributed by atoms with Crippen LogP contribution in [0.3, 0.4) is 0 Å². The summed E-state index contributed by atoms with van der Waals surface area (Å²) in [5.74, 6) is 0.515. The zero-order chi connectivity index (χ0) is 14.1. The number of aldehydes is 1. The number of ketones is 1. The number of rotatable bonds is 3. The molecule has 0 N–H and O–H groups in total. The van der Waals surface area contributed by atoms with Crippen molar-refractivity contribution in [3.63, 3.8) is 0 Å². The van der Waals surface area contributed by atoms with Crippen molar-refractivity contribution in [2.75, 3.05) is 7.11 Å². The molecule has 3 heteroatoms. The van der Waals surface area contributed by atoms with Gasteiger partial charge in [-0.1, -0.05) is 30.3 Å². The fourth-order valence-electron chi connectivity index (χ4n) is 2.48. The molecular formula is C17H12O3. The number of Topliss-reactive ketones (excluding diaryl/α,β-unsaturated/α-hetero) is 1. The predicted molar refractivity (Wildman–Crippen MR) is 76.6 cm³/mol. The van der Waals surface area contributed by atoms with E-state index in [2.05, 4.69) is 0 Å². The predicted octanol–water partition coefficient (Wildman–Crippen LogP) is 3.00. The number of methoxy groups -OCH3 is 1. The van der Waals surface area contributed by atoms with E-state index in [1.807, 2.05) is 30.3 Å². The summed E-state index contributed by atoms with van der Waals surface area (Å²) in [5.41, 5.74) is 2.84. The molecule has 0 atom stereocenters. The summed E-state index contributed by atoms with van der Waals surface area (Å²) >= 11 is 0. The van der Waals surface area contributed by atoms with Gasteiger partial charge in [0.25, 0.3) is 0 Å². The van der Waals surface area contributed by atoms with Gasteiger partial charge in [-0.3, -0.25) is 9.59 Å². The van der Waals surface area contributed by atoms with Crippen molar-refractivity contribution in [1.29, 1.82) is 0 Å². The molecule has 3 rings (SSSR count). The first kappa shape index (κ1) is 12.4. The third-order valence-corrected chi connectivity index (χ3v) is 3.44. The molecule has 2 aromatic carbocycles. The highest BCUT2D eigenvalue weighted by molar-refractivity contribution is 6.46. The van der Waals surface area contributed by atoms with Crippen LogP contribution in [0.4, 0.5) is 0 Å². The first-order chi connectivity index (χ1) is 9.76. The van der Waals surface area contributed by atoms with Gasteiger partial charge in [0.15, 0.2) is 12.1 Å². The van der Waals surface area contributed by atoms with E-state index in [4.69, 9.17) is 4.74 Å². The summed E-state index contributed by atoms with van der Waals surface area (Å²) in [7, 11) is 1.56. The van der Waals surface area contributed by atoms with Crippen LogP contribution in [0.15, 0.2) is 48.5 Å². The molecule has 0 aliphatic heterocycles. The molecule has 0 bridgehead atoms. The number of benzene rings is 2. The molecular weight excluding hydrogens is 252 g/mol. The maximum Gasteiger partial charge on any atom is 0.195 e. The fraction of sp³-hybridized carbons (Fsp3) is 0.0588. The molecule has 98 valence electrons. The molecule has 0 saturated carbocycles. The highest BCUT2D eigenvalue weighted by Crippen LogP contribution is 2.38. The Bertz CT molecular complexity index is 727. The Morgan fingerprint density at radius 3 is 2.40 bits per heavy atom. The van der Waals surface area contributed by atoms with Gasteiger partial charge < -0.3 is 4.74 Å². The van der Waals surface area contributed by atoms with E-state index < -0.39 is 0 Å². The highest BCUT2D eigenvalue weighted by atomic mass is 16.5. The first-order valence-corrected chi connectivity index (χ1v) is 6.24. The molecule has 0 fully saturated rings. The molecule has 0 spiro atoms. The maximum atomic E-state index is 12.5. The van der Waals surface area contributed by atoms with Crippen molar-refractivity contribution in [3.8, 4) is 5.75 Å². The number of carbonyl (C=O) groups excluding carboxylic acids is 2. The second-order valence-electron chi connectivity index (χ2n) is 4.51. The molecule has 0 radical (unpaired) electrons. The van der Waals surface area contributed by atoms with Crippen LogP contribution in [0.1, 0.15) is 21.5 Å². The lowest BCUT2D eigenvalue weighted by Gasteiger charge is -2.03. The fourth-order valence-corrected chi connectivity index (χ4v) is 2.48. The van der Waals surface area contributed by atoms with Gasteiger partial charge in [-0.15, -0.1) is 0 Å². The number of hydrogen-bond donors (Lipinski definition) is 0. The topological polar surface area (TPSA) is 43.4 Å². The van der Waals surface area contributed by atoms with Gasteiger partial charge in [-0.05, 0) is 23.8 Å². The molecule has 1 aliphatic carbocycles. The largest absolute Gasteiger partial charge is 0.497 e. The summed E-state index contributed by atoms with van der Waals surface area (Å²) in [6, 6.07) is 14.4. The van der Waals surface area contributed by atoms with Crippen molar-refractivity contribution >= 4 is 23.2 Å². The van der Waals surface area contributed by atoms with E-state index in [9.17, 15) is 9.59 Å². The molecule has 1 aliphatic rings. The molecule has 0 amide bonds. The molecule has 20 heavy (non-hydrogen) atoms. The Labute approximate surface area is 116 Å². The normalized spacial score (nSPS) is 13.3. The minimum Gasteiger partial charge on any atom is -0.497 e. The third-order valence-electron chi connectivity index (χ3n) is 3.44. The van der Waals surface area contributed by atoms with Crippen LogP contribution in [0.2, 0.25) is 0 Å². The van der Waals surface area contributed by atoms with E-state index in [1.165, 1.54) is 0 Å². The second-order valence-corrected chi connectivity index (χ2v) is 4.51. The van der Waals surface area contributed by atoms with Crippen molar-refractivity contribution in [2.45, 2.75) is 0 Å². The van der Waals surface area contributed by atoms with Crippen molar-refractivity contribution in [1.82, 2.24) is 0 Å². The Morgan fingerprint density at radius 2 is 1.75 bits per heavy atom. The summed E-state index contributed by atoms with van der Waals surface area (Å²) in [6.45, 7) is 0. The van der Waals surface area contributed by atoms with Crippen LogP contribution in [0.5, 0.6) is 5.75 Å². The van der Waals surface area contributed by atoms with Crippen LogP contribution < -0.4 is 4.74 Å². The van der Waals surface area contributed by atoms with Gasteiger partial charge in [-0.25, -0.2) is 0 Å². The minimum atomic E-state index is -0.115. The average molecular weight is 264 g/mol. The van der Waals surface area contributed by atoms with Crippen LogP contribution >= 0.6 is 0 Å². The van der Waals surface area contributed by atoms with Crippen molar-refractivity contribution in [2.24, 2.45) is 0 Å². The quantitative estimate of drug-likeness (QED) is 0.800. The van der Waals surface area contributed by atoms with Crippen LogP contribution in [-0.2, 0) is 4.79 Å². The number of ether oxygens (including phenoxy) is 1. The van der Waals surface area contributed by atoms with E-state index >= 15 is 0 Å². The minimum absolute atomic E-state index is 0.115. The zero-order valence-corrected chi connectivity index (χ0v) is 10.9. The molecule has 0 unspecified atom stereocenters. The molecule has 0 saturated heterocycles.